The summed E-state index contributed by atoms with van der Waals surface area (Å²) in [5.74, 6) is 1.25. The van der Waals surface area contributed by atoms with Gasteiger partial charge in [-0.1, -0.05) is 48.5 Å². The van der Waals surface area contributed by atoms with Crippen LogP contribution in [0.3, 0.4) is 0 Å². The summed E-state index contributed by atoms with van der Waals surface area (Å²) in [4.78, 5) is 12.3. The SMILES string of the molecule is CCOC(=O)C=C1c2ccccc2-c2cc(OCc3cccc(-c4c(C)cc(OCOC)cc4C)c3C)ccc21. The second-order valence-corrected chi connectivity index (χ2v) is 9.92. The Kier molecular flexibility index (Phi) is 8.04. The van der Waals surface area contributed by atoms with Crippen LogP contribution in [0.2, 0.25) is 0 Å². The molecule has 5 nitrogen and oxygen atoms in total. The number of carbonyl (C=O) groups is 1. The van der Waals surface area contributed by atoms with Crippen LogP contribution in [-0.2, 0) is 20.9 Å². The summed E-state index contributed by atoms with van der Waals surface area (Å²) >= 11 is 0. The van der Waals surface area contributed by atoms with Crippen molar-refractivity contribution < 1.29 is 23.7 Å². The molecule has 204 valence electrons. The van der Waals surface area contributed by atoms with Crippen LogP contribution in [0.1, 0.15) is 40.3 Å². The van der Waals surface area contributed by atoms with Gasteiger partial charge in [-0.2, -0.15) is 0 Å². The molecule has 1 aliphatic rings. The van der Waals surface area contributed by atoms with E-state index in [4.69, 9.17) is 18.9 Å². The zero-order chi connectivity index (χ0) is 28.2. The third-order valence-corrected chi connectivity index (χ3v) is 7.30. The van der Waals surface area contributed by atoms with Gasteiger partial charge in [0.1, 0.15) is 18.1 Å². The summed E-state index contributed by atoms with van der Waals surface area (Å²) < 4.78 is 22.2. The molecule has 40 heavy (non-hydrogen) atoms. The van der Waals surface area contributed by atoms with Crippen LogP contribution in [0.25, 0.3) is 27.8 Å². The number of aryl methyl sites for hydroxylation is 2. The second kappa shape index (κ2) is 11.8. The van der Waals surface area contributed by atoms with Crippen molar-refractivity contribution in [3.8, 4) is 33.8 Å². The van der Waals surface area contributed by atoms with Crippen LogP contribution >= 0.6 is 0 Å². The van der Waals surface area contributed by atoms with Crippen LogP contribution < -0.4 is 9.47 Å². The molecule has 0 saturated heterocycles. The van der Waals surface area contributed by atoms with E-state index in [0.29, 0.717) is 13.2 Å². The smallest absolute Gasteiger partial charge is 0.331 e. The quantitative estimate of drug-likeness (QED) is 0.110. The average molecular weight is 535 g/mol. The summed E-state index contributed by atoms with van der Waals surface area (Å²) in [5, 5.41) is 0. The van der Waals surface area contributed by atoms with Gasteiger partial charge in [-0.05, 0) is 113 Å². The summed E-state index contributed by atoms with van der Waals surface area (Å²) in [7, 11) is 1.62. The molecule has 0 spiro atoms. The molecule has 4 aromatic rings. The Morgan fingerprint density at radius 1 is 0.750 bits per heavy atom. The molecule has 0 atom stereocenters. The summed E-state index contributed by atoms with van der Waals surface area (Å²) in [6.45, 7) is 9.19. The molecule has 0 bridgehead atoms. The molecule has 0 radical (unpaired) electrons. The fourth-order valence-electron chi connectivity index (χ4n) is 5.46. The first kappa shape index (κ1) is 27.2. The predicted molar refractivity (Wildman–Crippen MR) is 159 cm³/mol. The molecule has 0 saturated carbocycles. The third kappa shape index (κ3) is 5.38. The number of esters is 1. The average Bonchev–Trinajstić information content (AvgIpc) is 3.24. The van der Waals surface area contributed by atoms with Gasteiger partial charge in [0.25, 0.3) is 0 Å². The van der Waals surface area contributed by atoms with Crippen molar-refractivity contribution in [2.75, 3.05) is 20.5 Å². The molecule has 0 N–H and O–H groups in total. The maximum atomic E-state index is 12.3. The summed E-state index contributed by atoms with van der Waals surface area (Å²) in [6.07, 6.45) is 1.59. The fraction of sp³-hybridized carbons (Fsp3) is 0.229. The molecular formula is C35H34O5. The van der Waals surface area contributed by atoms with Gasteiger partial charge in [0, 0.05) is 13.2 Å². The van der Waals surface area contributed by atoms with E-state index in [9.17, 15) is 4.79 Å². The van der Waals surface area contributed by atoms with E-state index < -0.39 is 0 Å². The van der Waals surface area contributed by atoms with E-state index in [1.54, 1.807) is 13.2 Å². The minimum Gasteiger partial charge on any atom is -0.489 e. The number of hydrogen-bond acceptors (Lipinski definition) is 5. The predicted octanol–water partition coefficient (Wildman–Crippen LogP) is 7.82. The number of fused-ring (bicyclic) bond motifs is 3. The Labute approximate surface area is 236 Å². The zero-order valence-electron chi connectivity index (χ0n) is 23.7. The number of benzene rings is 4. The number of rotatable bonds is 9. The van der Waals surface area contributed by atoms with Crippen molar-refractivity contribution in [2.45, 2.75) is 34.3 Å². The lowest BCUT2D eigenvalue weighted by Gasteiger charge is -2.18. The highest BCUT2D eigenvalue weighted by Crippen LogP contribution is 2.45. The lowest BCUT2D eigenvalue weighted by Crippen LogP contribution is -2.02. The minimum atomic E-state index is -0.335. The molecule has 1 aliphatic carbocycles. The number of ether oxygens (including phenoxy) is 4. The van der Waals surface area contributed by atoms with Gasteiger partial charge in [-0.25, -0.2) is 4.79 Å². The molecule has 0 fully saturated rings. The van der Waals surface area contributed by atoms with Crippen molar-refractivity contribution in [3.63, 3.8) is 0 Å². The van der Waals surface area contributed by atoms with Gasteiger partial charge in [0.2, 0.25) is 0 Å². The highest BCUT2D eigenvalue weighted by atomic mass is 16.7. The maximum absolute atomic E-state index is 12.3. The first-order chi connectivity index (χ1) is 19.4. The maximum Gasteiger partial charge on any atom is 0.331 e. The molecule has 5 rings (SSSR count). The van der Waals surface area contributed by atoms with Crippen molar-refractivity contribution in [1.29, 1.82) is 0 Å². The first-order valence-corrected chi connectivity index (χ1v) is 13.5. The topological polar surface area (TPSA) is 54.0 Å². The molecule has 4 aromatic carbocycles. The van der Waals surface area contributed by atoms with Crippen LogP contribution in [0, 0.1) is 20.8 Å². The lowest BCUT2D eigenvalue weighted by atomic mass is 9.90. The Hall–Kier alpha value is -4.35. The van der Waals surface area contributed by atoms with Crippen LogP contribution in [0.5, 0.6) is 11.5 Å². The minimum absolute atomic E-state index is 0.224. The molecule has 0 heterocycles. The highest BCUT2D eigenvalue weighted by molar-refractivity contribution is 6.07. The summed E-state index contributed by atoms with van der Waals surface area (Å²) in [5.41, 5.74) is 12.0. The normalized spacial score (nSPS) is 12.7. The summed E-state index contributed by atoms with van der Waals surface area (Å²) in [6, 6.07) is 24.6. The van der Waals surface area contributed by atoms with E-state index in [2.05, 4.69) is 63.2 Å². The monoisotopic (exact) mass is 534 g/mol. The number of methoxy groups -OCH3 is 1. The lowest BCUT2D eigenvalue weighted by molar-refractivity contribution is -0.137. The first-order valence-electron chi connectivity index (χ1n) is 13.5. The van der Waals surface area contributed by atoms with E-state index in [1.807, 2.05) is 37.3 Å². The van der Waals surface area contributed by atoms with Crippen LogP contribution in [-0.4, -0.2) is 26.5 Å². The van der Waals surface area contributed by atoms with E-state index in [0.717, 1.165) is 56.0 Å². The fourth-order valence-corrected chi connectivity index (χ4v) is 5.46. The van der Waals surface area contributed by atoms with Crippen LogP contribution in [0.15, 0.2) is 78.9 Å². The van der Waals surface area contributed by atoms with Crippen molar-refractivity contribution in [3.05, 3.63) is 112 Å². The van der Waals surface area contributed by atoms with E-state index in [-0.39, 0.29) is 12.8 Å². The standard InChI is InChI=1S/C35H34O5/c1-6-38-34(36)19-33-30-12-8-7-11-29(30)32-18-26(14-15-31(32)33)39-20-25-10-9-13-28(24(25)4)35-22(2)16-27(17-23(35)3)40-21-37-5/h7-19H,6,20-21H2,1-5H3. The van der Waals surface area contributed by atoms with Gasteiger partial charge in [0.05, 0.1) is 6.61 Å². The largest absolute Gasteiger partial charge is 0.489 e. The van der Waals surface area contributed by atoms with Gasteiger partial charge >= 0.3 is 5.97 Å². The zero-order valence-corrected chi connectivity index (χ0v) is 23.7. The Morgan fingerprint density at radius 2 is 1.45 bits per heavy atom. The van der Waals surface area contributed by atoms with Crippen molar-refractivity contribution in [2.24, 2.45) is 0 Å². The Balaban J connectivity index is 1.41. The molecule has 0 unspecified atom stereocenters. The molecule has 5 heteroatoms. The van der Waals surface area contributed by atoms with Gasteiger partial charge in [-0.3, -0.25) is 0 Å². The Bertz CT molecular complexity index is 1570. The van der Waals surface area contributed by atoms with Crippen molar-refractivity contribution in [1.82, 2.24) is 0 Å². The highest BCUT2D eigenvalue weighted by Gasteiger charge is 2.24. The molecule has 0 aliphatic heterocycles. The van der Waals surface area contributed by atoms with Gasteiger partial charge in [0.15, 0.2) is 6.79 Å². The van der Waals surface area contributed by atoms with Crippen molar-refractivity contribution >= 4 is 11.5 Å². The second-order valence-electron chi connectivity index (χ2n) is 9.92. The molecule has 0 aromatic heterocycles. The van der Waals surface area contributed by atoms with E-state index in [1.165, 1.54) is 16.7 Å². The Morgan fingerprint density at radius 3 is 2.17 bits per heavy atom. The van der Waals surface area contributed by atoms with Crippen LogP contribution in [0.4, 0.5) is 0 Å². The number of hydrogen-bond donors (Lipinski definition) is 0. The third-order valence-electron chi connectivity index (χ3n) is 7.30. The molecular weight excluding hydrogens is 500 g/mol. The number of carbonyl (C=O) groups excluding carboxylic acids is 1. The van der Waals surface area contributed by atoms with Gasteiger partial charge in [-0.15, -0.1) is 0 Å². The van der Waals surface area contributed by atoms with Gasteiger partial charge < -0.3 is 18.9 Å². The van der Waals surface area contributed by atoms with E-state index >= 15 is 0 Å². The molecule has 0 amide bonds.